The van der Waals surface area contributed by atoms with E-state index in [4.69, 9.17) is 0 Å². The maximum atomic E-state index is 13.5. The van der Waals surface area contributed by atoms with Gasteiger partial charge in [0.05, 0.1) is 4.92 Å². The van der Waals surface area contributed by atoms with Crippen LogP contribution in [0, 0.1) is 21.7 Å². The minimum Gasteiger partial charge on any atom is -0.301 e. The average molecular weight is 585 g/mol. The highest BCUT2D eigenvalue weighted by atomic mass is 35.5. The van der Waals surface area contributed by atoms with Gasteiger partial charge >= 0.3 is 0 Å². The maximum absolute atomic E-state index is 13.5. The van der Waals surface area contributed by atoms with Crippen LogP contribution >= 0.6 is 36.6 Å². The number of nitro groups is 1. The largest absolute Gasteiger partial charge is 0.301 e. The number of rotatable bonds is 11. The van der Waals surface area contributed by atoms with Crippen LogP contribution < -0.4 is 0 Å². The summed E-state index contributed by atoms with van der Waals surface area (Å²) in [5.74, 6) is 0.569. The van der Waals surface area contributed by atoms with Crippen molar-refractivity contribution in [1.82, 2.24) is 9.80 Å². The molecule has 0 aliphatic carbocycles. The second-order valence-corrected chi connectivity index (χ2v) is 10.2. The molecular formula is C28H33Cl2F2N3O2S. The fourth-order valence-electron chi connectivity index (χ4n) is 4.63. The van der Waals surface area contributed by atoms with Gasteiger partial charge in [-0.1, -0.05) is 24.3 Å². The normalized spacial score (nSPS) is 14.1. The second kappa shape index (κ2) is 16.0. The van der Waals surface area contributed by atoms with Gasteiger partial charge in [0.15, 0.2) is 0 Å². The molecule has 0 saturated carbocycles. The summed E-state index contributed by atoms with van der Waals surface area (Å²) in [6.07, 6.45) is 1.93. The van der Waals surface area contributed by atoms with Crippen LogP contribution in [0.4, 0.5) is 14.5 Å². The van der Waals surface area contributed by atoms with Crippen LogP contribution in [0.25, 0.3) is 0 Å². The van der Waals surface area contributed by atoms with E-state index in [1.807, 2.05) is 36.4 Å². The van der Waals surface area contributed by atoms with Crippen molar-refractivity contribution < 1.29 is 13.7 Å². The van der Waals surface area contributed by atoms with E-state index in [1.165, 1.54) is 24.3 Å². The van der Waals surface area contributed by atoms with Gasteiger partial charge in [0.25, 0.3) is 5.69 Å². The Hall–Kier alpha value is -2.23. The topological polar surface area (TPSA) is 49.6 Å². The lowest BCUT2D eigenvalue weighted by Gasteiger charge is -2.35. The molecule has 0 N–H and O–H groups in total. The van der Waals surface area contributed by atoms with Gasteiger partial charge in [-0.25, -0.2) is 8.78 Å². The Morgan fingerprint density at radius 2 is 1.24 bits per heavy atom. The number of halogens is 4. The summed E-state index contributed by atoms with van der Waals surface area (Å²) < 4.78 is 26.9. The van der Waals surface area contributed by atoms with Crippen molar-refractivity contribution in [3.05, 3.63) is 106 Å². The summed E-state index contributed by atoms with van der Waals surface area (Å²) >= 11 is 1.73. The van der Waals surface area contributed by atoms with E-state index in [9.17, 15) is 18.9 Å². The van der Waals surface area contributed by atoms with Crippen LogP contribution in [-0.4, -0.2) is 59.7 Å². The van der Waals surface area contributed by atoms with Crippen LogP contribution in [-0.2, 0) is 0 Å². The van der Waals surface area contributed by atoms with Crippen molar-refractivity contribution in [2.75, 3.05) is 45.0 Å². The molecule has 38 heavy (non-hydrogen) atoms. The lowest BCUT2D eigenvalue weighted by molar-refractivity contribution is -0.384. The SMILES string of the molecule is Cl.Cl.O=[N+]([O-])c1ccc(SCCN2CCN(CCCC(c3ccc(F)cc3)c3ccc(F)cc3)CC2)cc1. The minimum atomic E-state index is -0.375. The third-order valence-electron chi connectivity index (χ3n) is 6.70. The van der Waals surface area contributed by atoms with Gasteiger partial charge in [0, 0.05) is 61.4 Å². The standard InChI is InChI=1S/C28H31F2N3O2S.2ClH/c29-24-7-3-22(4-8-24)28(23-5-9-25(30)10-6-23)2-1-15-31-16-18-32(19-17-31)20-21-36-27-13-11-26(12-14-27)33(34)35;;/h3-14,28H,1-2,15-21H2;2*1H. The minimum absolute atomic E-state index is 0. The molecule has 0 aromatic heterocycles. The van der Waals surface area contributed by atoms with Gasteiger partial charge in [-0.2, -0.15) is 0 Å². The van der Waals surface area contributed by atoms with E-state index in [0.29, 0.717) is 0 Å². The molecule has 1 aliphatic heterocycles. The van der Waals surface area contributed by atoms with Crippen LogP contribution in [0.1, 0.15) is 29.9 Å². The number of nitro benzene ring substituents is 1. The lowest BCUT2D eigenvalue weighted by atomic mass is 9.87. The van der Waals surface area contributed by atoms with Gasteiger partial charge in [-0.05, 0) is 66.9 Å². The van der Waals surface area contributed by atoms with E-state index in [-0.39, 0.29) is 53.0 Å². The molecule has 0 spiro atoms. The van der Waals surface area contributed by atoms with Crippen molar-refractivity contribution in [3.8, 4) is 0 Å². The first-order chi connectivity index (χ1) is 17.5. The Kier molecular flexibility index (Phi) is 13.5. The van der Waals surface area contributed by atoms with Crippen molar-refractivity contribution in [2.24, 2.45) is 0 Å². The Balaban J connectivity index is 0.00000253. The zero-order valence-electron chi connectivity index (χ0n) is 21.0. The zero-order chi connectivity index (χ0) is 25.3. The number of hydrogen-bond acceptors (Lipinski definition) is 5. The third-order valence-corrected chi connectivity index (χ3v) is 7.69. The smallest absolute Gasteiger partial charge is 0.269 e. The molecule has 206 valence electrons. The molecule has 0 bridgehead atoms. The Bertz CT molecular complexity index is 1070. The third kappa shape index (κ3) is 9.50. The molecule has 1 aliphatic rings. The van der Waals surface area contributed by atoms with Gasteiger partial charge in [-0.3, -0.25) is 15.0 Å². The highest BCUT2D eigenvalue weighted by Crippen LogP contribution is 2.30. The molecule has 1 heterocycles. The predicted octanol–water partition coefficient (Wildman–Crippen LogP) is 7.04. The molecule has 0 unspecified atom stereocenters. The summed E-state index contributed by atoms with van der Waals surface area (Å²) in [7, 11) is 0. The molecule has 10 heteroatoms. The summed E-state index contributed by atoms with van der Waals surface area (Å²) in [5, 5.41) is 10.8. The molecule has 1 saturated heterocycles. The van der Waals surface area contributed by atoms with Crippen molar-refractivity contribution in [2.45, 2.75) is 23.7 Å². The molecule has 4 rings (SSSR count). The van der Waals surface area contributed by atoms with Crippen molar-refractivity contribution in [1.29, 1.82) is 0 Å². The number of benzene rings is 3. The van der Waals surface area contributed by atoms with Gasteiger partial charge in [-0.15, -0.1) is 36.6 Å². The zero-order valence-corrected chi connectivity index (χ0v) is 23.5. The molecule has 5 nitrogen and oxygen atoms in total. The molecule has 3 aromatic rings. The van der Waals surface area contributed by atoms with Crippen LogP contribution in [0.2, 0.25) is 0 Å². The molecule has 0 amide bonds. The highest BCUT2D eigenvalue weighted by Gasteiger charge is 2.19. The highest BCUT2D eigenvalue weighted by molar-refractivity contribution is 7.99. The number of nitrogens with zero attached hydrogens (tertiary/aromatic N) is 3. The maximum Gasteiger partial charge on any atom is 0.269 e. The number of thioether (sulfide) groups is 1. The summed E-state index contributed by atoms with van der Waals surface area (Å²) in [4.78, 5) is 16.4. The predicted molar refractivity (Wildman–Crippen MR) is 155 cm³/mol. The fraction of sp³-hybridized carbons (Fsp3) is 0.357. The lowest BCUT2D eigenvalue weighted by Crippen LogP contribution is -2.47. The molecule has 3 aromatic carbocycles. The van der Waals surface area contributed by atoms with Crippen LogP contribution in [0.5, 0.6) is 0 Å². The van der Waals surface area contributed by atoms with Gasteiger partial charge in [0.1, 0.15) is 11.6 Å². The number of piperazine rings is 1. The monoisotopic (exact) mass is 583 g/mol. The first-order valence-corrected chi connectivity index (χ1v) is 13.3. The first kappa shape index (κ1) is 32.0. The Morgan fingerprint density at radius 3 is 1.71 bits per heavy atom. The summed E-state index contributed by atoms with van der Waals surface area (Å²) in [6.45, 7) is 6.11. The summed E-state index contributed by atoms with van der Waals surface area (Å²) in [6, 6.07) is 20.0. The van der Waals surface area contributed by atoms with Crippen molar-refractivity contribution >= 4 is 42.3 Å². The van der Waals surface area contributed by atoms with Crippen LogP contribution in [0.3, 0.4) is 0 Å². The summed E-state index contributed by atoms with van der Waals surface area (Å²) in [5.41, 5.74) is 2.23. The van der Waals surface area contributed by atoms with E-state index >= 15 is 0 Å². The molecular weight excluding hydrogens is 551 g/mol. The van der Waals surface area contributed by atoms with Gasteiger partial charge < -0.3 is 4.90 Å². The van der Waals surface area contributed by atoms with E-state index < -0.39 is 0 Å². The molecule has 0 atom stereocenters. The first-order valence-electron chi connectivity index (χ1n) is 12.3. The molecule has 0 radical (unpaired) electrons. The van der Waals surface area contributed by atoms with E-state index in [0.717, 1.165) is 73.9 Å². The fourth-order valence-corrected chi connectivity index (χ4v) is 5.54. The van der Waals surface area contributed by atoms with E-state index in [1.54, 1.807) is 23.9 Å². The Labute approximate surface area is 239 Å². The quantitative estimate of drug-likeness (QED) is 0.138. The average Bonchev–Trinajstić information content (AvgIpc) is 2.89. The molecule has 1 fully saturated rings. The second-order valence-electron chi connectivity index (χ2n) is 9.08. The van der Waals surface area contributed by atoms with Gasteiger partial charge in [0.2, 0.25) is 0 Å². The number of non-ortho nitro benzene ring substituents is 1. The van der Waals surface area contributed by atoms with Crippen LogP contribution in [0.15, 0.2) is 77.7 Å². The van der Waals surface area contributed by atoms with Crippen molar-refractivity contribution in [3.63, 3.8) is 0 Å². The number of hydrogen-bond donors (Lipinski definition) is 0. The Morgan fingerprint density at radius 1 is 0.763 bits per heavy atom. The van der Waals surface area contributed by atoms with E-state index in [2.05, 4.69) is 9.80 Å².